The maximum absolute atomic E-state index is 10.0. The van der Waals surface area contributed by atoms with Gasteiger partial charge in [-0.2, -0.15) is 0 Å². The first-order chi connectivity index (χ1) is 6.27. The Kier molecular flexibility index (Phi) is 5.68. The molecule has 0 aromatic carbocycles. The van der Waals surface area contributed by atoms with Crippen LogP contribution in [-0.4, -0.2) is 22.8 Å². The molecule has 0 amide bonds. The van der Waals surface area contributed by atoms with E-state index in [1.807, 2.05) is 6.92 Å². The van der Waals surface area contributed by atoms with Crippen LogP contribution in [0.25, 0.3) is 0 Å². The predicted molar refractivity (Wildman–Crippen MR) is 62.5 cm³/mol. The van der Waals surface area contributed by atoms with E-state index < -0.39 is 5.60 Å². The third-order valence-electron chi connectivity index (χ3n) is 2.39. The van der Waals surface area contributed by atoms with Gasteiger partial charge in [-0.3, -0.25) is 0 Å². The molecule has 0 saturated carbocycles. The van der Waals surface area contributed by atoms with Crippen molar-refractivity contribution < 1.29 is 5.11 Å². The summed E-state index contributed by atoms with van der Waals surface area (Å²) in [6.45, 7) is 11.4. The van der Waals surface area contributed by atoms with E-state index in [9.17, 15) is 5.11 Å². The lowest BCUT2D eigenvalue weighted by molar-refractivity contribution is 0.0386. The standard InChI is InChI=1S/C12H27NO/c1-6-7-8-12(5,14)9-10-13-11(2,3)4/h13-14H,6-10H2,1-5H3. The normalized spacial score (nSPS) is 16.7. The minimum absolute atomic E-state index is 0.154. The zero-order valence-electron chi connectivity index (χ0n) is 10.5. The maximum atomic E-state index is 10.0. The number of hydrogen-bond acceptors (Lipinski definition) is 2. The molecular weight excluding hydrogens is 174 g/mol. The monoisotopic (exact) mass is 201 g/mol. The summed E-state index contributed by atoms with van der Waals surface area (Å²) in [6.07, 6.45) is 4.02. The highest BCUT2D eigenvalue weighted by Gasteiger charge is 2.19. The molecule has 0 spiro atoms. The molecule has 0 radical (unpaired) electrons. The van der Waals surface area contributed by atoms with E-state index in [4.69, 9.17) is 0 Å². The third kappa shape index (κ3) is 8.52. The van der Waals surface area contributed by atoms with Crippen molar-refractivity contribution in [3.63, 3.8) is 0 Å². The van der Waals surface area contributed by atoms with Gasteiger partial charge in [0, 0.05) is 5.54 Å². The smallest absolute Gasteiger partial charge is 0.0631 e. The summed E-state index contributed by atoms with van der Waals surface area (Å²) in [7, 11) is 0. The molecule has 0 aromatic heterocycles. The second-order valence-electron chi connectivity index (χ2n) is 5.53. The molecule has 2 nitrogen and oxygen atoms in total. The second-order valence-corrected chi connectivity index (χ2v) is 5.53. The fourth-order valence-corrected chi connectivity index (χ4v) is 1.39. The molecular formula is C12H27NO. The number of hydrogen-bond donors (Lipinski definition) is 2. The fourth-order valence-electron chi connectivity index (χ4n) is 1.39. The van der Waals surface area contributed by atoms with Gasteiger partial charge in [0.15, 0.2) is 0 Å². The number of aliphatic hydroxyl groups is 1. The third-order valence-corrected chi connectivity index (χ3v) is 2.39. The number of rotatable bonds is 6. The van der Waals surface area contributed by atoms with E-state index in [1.54, 1.807) is 0 Å². The molecule has 1 atom stereocenters. The molecule has 0 saturated heterocycles. The predicted octanol–water partition coefficient (Wildman–Crippen LogP) is 2.71. The van der Waals surface area contributed by atoms with Crippen molar-refractivity contribution in [3.8, 4) is 0 Å². The first-order valence-electron chi connectivity index (χ1n) is 5.74. The van der Waals surface area contributed by atoms with Crippen LogP contribution in [0.3, 0.4) is 0 Å². The van der Waals surface area contributed by atoms with Crippen molar-refractivity contribution in [1.82, 2.24) is 5.32 Å². The van der Waals surface area contributed by atoms with Crippen LogP contribution in [0.2, 0.25) is 0 Å². The summed E-state index contributed by atoms with van der Waals surface area (Å²) in [5.41, 5.74) is -0.338. The molecule has 0 heterocycles. The fraction of sp³-hybridized carbons (Fsp3) is 1.00. The van der Waals surface area contributed by atoms with Gasteiger partial charge in [-0.25, -0.2) is 0 Å². The molecule has 1 unspecified atom stereocenters. The van der Waals surface area contributed by atoms with Crippen molar-refractivity contribution >= 4 is 0 Å². The van der Waals surface area contributed by atoms with Crippen LogP contribution in [-0.2, 0) is 0 Å². The molecule has 0 rings (SSSR count). The van der Waals surface area contributed by atoms with Crippen LogP contribution in [0.15, 0.2) is 0 Å². The van der Waals surface area contributed by atoms with Crippen molar-refractivity contribution in [3.05, 3.63) is 0 Å². The average Bonchev–Trinajstić information content (AvgIpc) is 1.98. The Morgan fingerprint density at radius 3 is 2.07 bits per heavy atom. The Morgan fingerprint density at radius 2 is 1.64 bits per heavy atom. The molecule has 0 aliphatic carbocycles. The molecule has 0 bridgehead atoms. The van der Waals surface area contributed by atoms with Gasteiger partial charge < -0.3 is 10.4 Å². The van der Waals surface area contributed by atoms with Gasteiger partial charge in [-0.1, -0.05) is 19.8 Å². The Morgan fingerprint density at radius 1 is 1.07 bits per heavy atom. The quantitative estimate of drug-likeness (QED) is 0.692. The number of unbranched alkanes of at least 4 members (excludes halogenated alkanes) is 1. The van der Waals surface area contributed by atoms with Gasteiger partial charge in [-0.15, -0.1) is 0 Å². The van der Waals surface area contributed by atoms with E-state index in [2.05, 4.69) is 33.0 Å². The van der Waals surface area contributed by atoms with Gasteiger partial charge in [0.1, 0.15) is 0 Å². The van der Waals surface area contributed by atoms with Gasteiger partial charge in [0.2, 0.25) is 0 Å². The van der Waals surface area contributed by atoms with Crippen molar-refractivity contribution in [2.75, 3.05) is 6.54 Å². The lowest BCUT2D eigenvalue weighted by Gasteiger charge is -2.26. The molecule has 2 heteroatoms. The highest BCUT2D eigenvalue weighted by molar-refractivity contribution is 4.77. The summed E-state index contributed by atoms with van der Waals surface area (Å²) in [5.74, 6) is 0. The topological polar surface area (TPSA) is 32.3 Å². The first kappa shape index (κ1) is 13.9. The van der Waals surface area contributed by atoms with Crippen LogP contribution in [0, 0.1) is 0 Å². The second kappa shape index (κ2) is 5.72. The van der Waals surface area contributed by atoms with E-state index >= 15 is 0 Å². The highest BCUT2D eigenvalue weighted by Crippen LogP contribution is 2.17. The Bertz CT molecular complexity index is 147. The minimum atomic E-state index is -0.492. The molecule has 0 aliphatic heterocycles. The zero-order chi connectivity index (χ0) is 11.2. The van der Waals surface area contributed by atoms with Crippen LogP contribution in [0.4, 0.5) is 0 Å². The molecule has 2 N–H and O–H groups in total. The van der Waals surface area contributed by atoms with Crippen LogP contribution >= 0.6 is 0 Å². The molecule has 86 valence electrons. The van der Waals surface area contributed by atoms with Gasteiger partial charge in [0.05, 0.1) is 5.60 Å². The van der Waals surface area contributed by atoms with Gasteiger partial charge in [-0.05, 0) is 47.1 Å². The lowest BCUT2D eigenvalue weighted by Crippen LogP contribution is -2.39. The van der Waals surface area contributed by atoms with Crippen molar-refractivity contribution in [2.24, 2.45) is 0 Å². The average molecular weight is 201 g/mol. The Hall–Kier alpha value is -0.0800. The van der Waals surface area contributed by atoms with Crippen LogP contribution < -0.4 is 5.32 Å². The van der Waals surface area contributed by atoms with Gasteiger partial charge >= 0.3 is 0 Å². The van der Waals surface area contributed by atoms with E-state index in [0.29, 0.717) is 0 Å². The van der Waals surface area contributed by atoms with E-state index in [-0.39, 0.29) is 5.54 Å². The van der Waals surface area contributed by atoms with Gasteiger partial charge in [0.25, 0.3) is 0 Å². The molecule has 0 aliphatic rings. The summed E-state index contributed by atoms with van der Waals surface area (Å²) >= 11 is 0. The molecule has 0 aromatic rings. The largest absolute Gasteiger partial charge is 0.390 e. The number of nitrogens with one attached hydrogen (secondary N) is 1. The molecule has 14 heavy (non-hydrogen) atoms. The van der Waals surface area contributed by atoms with Crippen LogP contribution in [0.5, 0.6) is 0 Å². The molecule has 0 fully saturated rings. The van der Waals surface area contributed by atoms with Crippen molar-refractivity contribution in [2.45, 2.75) is 71.4 Å². The minimum Gasteiger partial charge on any atom is -0.390 e. The lowest BCUT2D eigenvalue weighted by atomic mass is 9.95. The Labute approximate surface area is 89.1 Å². The van der Waals surface area contributed by atoms with E-state index in [1.165, 1.54) is 0 Å². The SMILES string of the molecule is CCCCC(C)(O)CCNC(C)(C)C. The summed E-state index contributed by atoms with van der Waals surface area (Å²) < 4.78 is 0. The van der Waals surface area contributed by atoms with E-state index in [0.717, 1.165) is 32.2 Å². The first-order valence-corrected chi connectivity index (χ1v) is 5.74. The van der Waals surface area contributed by atoms with Crippen molar-refractivity contribution in [1.29, 1.82) is 0 Å². The summed E-state index contributed by atoms with van der Waals surface area (Å²) in [5, 5.41) is 13.4. The summed E-state index contributed by atoms with van der Waals surface area (Å²) in [6, 6.07) is 0. The maximum Gasteiger partial charge on any atom is 0.0631 e. The zero-order valence-corrected chi connectivity index (χ0v) is 10.5. The summed E-state index contributed by atoms with van der Waals surface area (Å²) in [4.78, 5) is 0. The van der Waals surface area contributed by atoms with Crippen LogP contribution in [0.1, 0.15) is 60.3 Å². The highest BCUT2D eigenvalue weighted by atomic mass is 16.3. The Balaban J connectivity index is 3.65.